The molecule has 0 amide bonds. The van der Waals surface area contributed by atoms with Crippen molar-refractivity contribution in [2.24, 2.45) is 0 Å². The van der Waals surface area contributed by atoms with Gasteiger partial charge in [-0.25, -0.2) is 9.67 Å². The zero-order chi connectivity index (χ0) is 20.3. The summed E-state index contributed by atoms with van der Waals surface area (Å²) in [5.74, 6) is 0. The number of carbonyl (C=O) groups is 1. The highest BCUT2D eigenvalue weighted by Gasteiger charge is 2.14. The molecule has 5 rings (SSSR count). The third-order valence-corrected chi connectivity index (χ3v) is 5.72. The lowest BCUT2D eigenvalue weighted by Gasteiger charge is -2.02. The number of nitrogens with zero attached hydrogens (tertiary/aromatic N) is 3. The largest absolute Gasteiger partial charge is 0.298 e. The monoisotopic (exact) mass is 407 g/mol. The SMILES string of the molecule is O=Cc1cn(-c2nc(-c3ccc(-c4ccccc4)cc3)cs2)nc1-c1ccccc1. The standard InChI is InChI=1S/C25H17N3OS/c29-16-22-15-28(27-24(22)21-9-5-2-6-10-21)25-26-23(17-30-25)20-13-11-19(12-14-20)18-7-3-1-4-8-18/h1-17H. The van der Waals surface area contributed by atoms with Crippen molar-refractivity contribution in [1.82, 2.24) is 14.8 Å². The van der Waals surface area contributed by atoms with Gasteiger partial charge in [-0.15, -0.1) is 11.3 Å². The molecule has 3 aromatic carbocycles. The molecule has 30 heavy (non-hydrogen) atoms. The van der Waals surface area contributed by atoms with E-state index in [1.807, 2.05) is 53.9 Å². The quantitative estimate of drug-likeness (QED) is 0.329. The van der Waals surface area contributed by atoms with Gasteiger partial charge in [0.05, 0.1) is 11.3 Å². The van der Waals surface area contributed by atoms with Crippen molar-refractivity contribution in [3.05, 3.63) is 102 Å². The lowest BCUT2D eigenvalue weighted by atomic mass is 10.0. The van der Waals surface area contributed by atoms with Crippen LogP contribution in [-0.2, 0) is 0 Å². The summed E-state index contributed by atoms with van der Waals surface area (Å²) in [6.07, 6.45) is 2.57. The van der Waals surface area contributed by atoms with Gasteiger partial charge >= 0.3 is 0 Å². The summed E-state index contributed by atoms with van der Waals surface area (Å²) in [6, 6.07) is 28.4. The Hall–Kier alpha value is -3.83. The van der Waals surface area contributed by atoms with Crippen LogP contribution in [0.15, 0.2) is 96.5 Å². The average molecular weight is 407 g/mol. The first kappa shape index (κ1) is 18.2. The van der Waals surface area contributed by atoms with Gasteiger partial charge in [0.15, 0.2) is 6.29 Å². The highest BCUT2D eigenvalue weighted by Crippen LogP contribution is 2.28. The molecule has 0 fully saturated rings. The molecule has 0 saturated carbocycles. The first-order valence-corrected chi connectivity index (χ1v) is 10.4. The van der Waals surface area contributed by atoms with Crippen LogP contribution in [0.25, 0.3) is 38.8 Å². The average Bonchev–Trinajstić information content (AvgIpc) is 3.48. The highest BCUT2D eigenvalue weighted by atomic mass is 32.1. The van der Waals surface area contributed by atoms with E-state index in [0.29, 0.717) is 11.3 Å². The van der Waals surface area contributed by atoms with Crippen LogP contribution in [0.4, 0.5) is 0 Å². The number of thiazole rings is 1. The fourth-order valence-electron chi connectivity index (χ4n) is 3.36. The van der Waals surface area contributed by atoms with E-state index >= 15 is 0 Å². The Bertz CT molecular complexity index is 1290. The minimum absolute atomic E-state index is 0.546. The predicted molar refractivity (Wildman–Crippen MR) is 121 cm³/mol. The Balaban J connectivity index is 1.45. The number of carbonyl (C=O) groups excluding carboxylic acids is 1. The third kappa shape index (κ3) is 3.47. The molecular weight excluding hydrogens is 390 g/mol. The van der Waals surface area contributed by atoms with E-state index in [1.165, 1.54) is 22.5 Å². The summed E-state index contributed by atoms with van der Waals surface area (Å²) >= 11 is 1.50. The lowest BCUT2D eigenvalue weighted by molar-refractivity contribution is 0.112. The van der Waals surface area contributed by atoms with Crippen LogP contribution in [0, 0.1) is 0 Å². The Kier molecular flexibility index (Phi) is 4.79. The highest BCUT2D eigenvalue weighted by molar-refractivity contribution is 7.12. The summed E-state index contributed by atoms with van der Waals surface area (Å²) in [5.41, 5.74) is 6.41. The van der Waals surface area contributed by atoms with Crippen molar-refractivity contribution >= 4 is 17.6 Å². The molecule has 0 aliphatic rings. The molecule has 0 aliphatic heterocycles. The van der Waals surface area contributed by atoms with Crippen molar-refractivity contribution in [3.8, 4) is 38.8 Å². The fourth-order valence-corrected chi connectivity index (χ4v) is 4.12. The summed E-state index contributed by atoms with van der Waals surface area (Å²) in [6.45, 7) is 0. The van der Waals surface area contributed by atoms with Crippen LogP contribution in [-0.4, -0.2) is 21.1 Å². The van der Waals surface area contributed by atoms with E-state index in [-0.39, 0.29) is 0 Å². The summed E-state index contributed by atoms with van der Waals surface area (Å²) < 4.78 is 1.68. The first-order valence-electron chi connectivity index (χ1n) is 9.54. The van der Waals surface area contributed by atoms with Gasteiger partial charge in [-0.1, -0.05) is 84.9 Å². The number of aromatic nitrogens is 3. The lowest BCUT2D eigenvalue weighted by Crippen LogP contribution is -1.94. The molecule has 2 aromatic heterocycles. The number of hydrogen-bond donors (Lipinski definition) is 0. The summed E-state index contributed by atoms with van der Waals surface area (Å²) in [4.78, 5) is 16.3. The van der Waals surface area contributed by atoms with Crippen LogP contribution < -0.4 is 0 Å². The van der Waals surface area contributed by atoms with E-state index in [0.717, 1.165) is 28.2 Å². The molecule has 0 aliphatic carbocycles. The van der Waals surface area contributed by atoms with Crippen LogP contribution in [0.2, 0.25) is 0 Å². The second-order valence-corrected chi connectivity index (χ2v) is 7.66. The molecule has 0 radical (unpaired) electrons. The molecule has 5 aromatic rings. The second kappa shape index (κ2) is 7.89. The van der Waals surface area contributed by atoms with Crippen molar-refractivity contribution in [2.75, 3.05) is 0 Å². The molecule has 144 valence electrons. The Morgan fingerprint density at radius 2 is 1.33 bits per heavy atom. The second-order valence-electron chi connectivity index (χ2n) is 6.82. The zero-order valence-electron chi connectivity index (χ0n) is 16.0. The van der Waals surface area contributed by atoms with E-state index in [4.69, 9.17) is 4.98 Å². The molecular formula is C25H17N3OS. The molecule has 0 bridgehead atoms. The van der Waals surface area contributed by atoms with Crippen molar-refractivity contribution < 1.29 is 4.79 Å². The normalized spacial score (nSPS) is 10.8. The van der Waals surface area contributed by atoms with E-state index in [2.05, 4.69) is 41.5 Å². The molecule has 0 unspecified atom stereocenters. The van der Waals surface area contributed by atoms with E-state index in [9.17, 15) is 4.79 Å². The number of benzene rings is 3. The van der Waals surface area contributed by atoms with Gasteiger partial charge in [0.2, 0.25) is 5.13 Å². The maximum Gasteiger partial charge on any atom is 0.210 e. The van der Waals surface area contributed by atoms with Crippen LogP contribution >= 0.6 is 11.3 Å². The van der Waals surface area contributed by atoms with Gasteiger partial charge in [-0.3, -0.25) is 4.79 Å². The summed E-state index contributed by atoms with van der Waals surface area (Å²) in [7, 11) is 0. The van der Waals surface area contributed by atoms with Crippen LogP contribution in [0.1, 0.15) is 10.4 Å². The maximum absolute atomic E-state index is 11.6. The summed E-state index contributed by atoms with van der Waals surface area (Å²) in [5, 5.41) is 7.35. The van der Waals surface area contributed by atoms with Gasteiger partial charge in [-0.2, -0.15) is 5.10 Å². The molecule has 2 heterocycles. The number of hydrogen-bond acceptors (Lipinski definition) is 4. The minimum atomic E-state index is 0.546. The third-order valence-electron chi connectivity index (χ3n) is 4.89. The Morgan fingerprint density at radius 3 is 2.00 bits per heavy atom. The smallest absolute Gasteiger partial charge is 0.210 e. The molecule has 0 atom stereocenters. The van der Waals surface area contributed by atoms with E-state index in [1.54, 1.807) is 10.9 Å². The fraction of sp³-hybridized carbons (Fsp3) is 0. The van der Waals surface area contributed by atoms with Crippen molar-refractivity contribution in [1.29, 1.82) is 0 Å². The zero-order valence-corrected chi connectivity index (χ0v) is 16.8. The van der Waals surface area contributed by atoms with Crippen molar-refractivity contribution in [3.63, 3.8) is 0 Å². The Labute approximate surface area is 178 Å². The van der Waals surface area contributed by atoms with Crippen molar-refractivity contribution in [2.45, 2.75) is 0 Å². The van der Waals surface area contributed by atoms with Gasteiger partial charge in [0.1, 0.15) is 5.69 Å². The van der Waals surface area contributed by atoms with E-state index < -0.39 is 0 Å². The first-order chi connectivity index (χ1) is 14.8. The molecule has 4 nitrogen and oxygen atoms in total. The van der Waals surface area contributed by atoms with Gasteiger partial charge < -0.3 is 0 Å². The number of rotatable bonds is 5. The predicted octanol–water partition coefficient (Wildman–Crippen LogP) is 6.14. The molecule has 0 spiro atoms. The van der Waals surface area contributed by atoms with Crippen LogP contribution in [0.3, 0.4) is 0 Å². The Morgan fingerprint density at radius 1 is 0.733 bits per heavy atom. The minimum Gasteiger partial charge on any atom is -0.298 e. The van der Waals surface area contributed by atoms with Gasteiger partial charge in [0, 0.05) is 22.7 Å². The van der Waals surface area contributed by atoms with Gasteiger partial charge in [0.25, 0.3) is 0 Å². The molecule has 0 N–H and O–H groups in total. The molecule has 5 heteroatoms. The molecule has 0 saturated heterocycles. The van der Waals surface area contributed by atoms with Gasteiger partial charge in [-0.05, 0) is 11.1 Å². The van der Waals surface area contributed by atoms with Crippen LogP contribution in [0.5, 0.6) is 0 Å². The number of aldehydes is 1. The topological polar surface area (TPSA) is 47.8 Å². The maximum atomic E-state index is 11.6.